The lowest BCUT2D eigenvalue weighted by Crippen LogP contribution is -2.34. The average Bonchev–Trinajstić information content (AvgIpc) is 2.78. The third-order valence-corrected chi connectivity index (χ3v) is 2.43. The molecule has 1 aromatic heterocycles. The van der Waals surface area contributed by atoms with Crippen LogP contribution in [0.2, 0.25) is 0 Å². The number of carboxylic acid groups (broad SMARTS) is 1. The molecule has 0 saturated carbocycles. The topological polar surface area (TPSA) is 93.4 Å². The number of hydrogen-bond acceptors (Lipinski definition) is 4. The summed E-state index contributed by atoms with van der Waals surface area (Å²) in [7, 11) is 1.68. The standard InChI is InChI=1S/C12H19N3O4/c1-3-5-19-6-4-10(16)14-11(12(17)18)9-7-13-15(2)8-9/h7-8,11H,3-6H2,1-2H3,(H,14,16)(H,17,18). The minimum Gasteiger partial charge on any atom is -0.479 e. The highest BCUT2D eigenvalue weighted by molar-refractivity contribution is 5.84. The number of aromatic nitrogens is 2. The number of nitrogens with one attached hydrogen (secondary N) is 1. The van der Waals surface area contributed by atoms with E-state index < -0.39 is 12.0 Å². The average molecular weight is 269 g/mol. The lowest BCUT2D eigenvalue weighted by Gasteiger charge is -2.12. The molecule has 106 valence electrons. The van der Waals surface area contributed by atoms with E-state index in [1.54, 1.807) is 13.2 Å². The molecule has 1 rings (SSSR count). The Balaban J connectivity index is 2.50. The Labute approximate surface area is 111 Å². The fourth-order valence-electron chi connectivity index (χ4n) is 1.52. The predicted molar refractivity (Wildman–Crippen MR) is 67.5 cm³/mol. The van der Waals surface area contributed by atoms with Crippen molar-refractivity contribution in [3.05, 3.63) is 18.0 Å². The van der Waals surface area contributed by atoms with E-state index in [9.17, 15) is 9.59 Å². The normalized spacial score (nSPS) is 12.1. The van der Waals surface area contributed by atoms with Crippen LogP contribution in [0.4, 0.5) is 0 Å². The van der Waals surface area contributed by atoms with Gasteiger partial charge in [-0.2, -0.15) is 5.10 Å². The van der Waals surface area contributed by atoms with Crippen molar-refractivity contribution >= 4 is 11.9 Å². The third-order valence-electron chi connectivity index (χ3n) is 2.43. The number of carbonyl (C=O) groups is 2. The van der Waals surface area contributed by atoms with Crippen LogP contribution in [-0.4, -0.2) is 40.0 Å². The molecule has 1 aromatic rings. The fourth-order valence-corrected chi connectivity index (χ4v) is 1.52. The highest BCUT2D eigenvalue weighted by atomic mass is 16.5. The van der Waals surface area contributed by atoms with Crippen LogP contribution in [0.15, 0.2) is 12.4 Å². The summed E-state index contributed by atoms with van der Waals surface area (Å²) in [4.78, 5) is 22.8. The number of carbonyl (C=O) groups excluding carboxylic acids is 1. The van der Waals surface area contributed by atoms with Crippen molar-refractivity contribution in [3.63, 3.8) is 0 Å². The van der Waals surface area contributed by atoms with Crippen molar-refractivity contribution in [2.45, 2.75) is 25.8 Å². The van der Waals surface area contributed by atoms with Crippen molar-refractivity contribution < 1.29 is 19.4 Å². The van der Waals surface area contributed by atoms with Crippen LogP contribution in [0.5, 0.6) is 0 Å². The molecule has 0 aliphatic heterocycles. The zero-order valence-electron chi connectivity index (χ0n) is 11.1. The van der Waals surface area contributed by atoms with Gasteiger partial charge in [-0.1, -0.05) is 6.92 Å². The third kappa shape index (κ3) is 5.09. The van der Waals surface area contributed by atoms with E-state index in [2.05, 4.69) is 10.4 Å². The SMILES string of the molecule is CCCOCCC(=O)NC(C(=O)O)c1cnn(C)c1. The second-order valence-corrected chi connectivity index (χ2v) is 4.15. The van der Waals surface area contributed by atoms with Crippen molar-refractivity contribution in [2.75, 3.05) is 13.2 Å². The lowest BCUT2D eigenvalue weighted by atomic mass is 10.1. The van der Waals surface area contributed by atoms with Crippen molar-refractivity contribution in [2.24, 2.45) is 7.05 Å². The summed E-state index contributed by atoms with van der Waals surface area (Å²) in [6.07, 6.45) is 4.01. The van der Waals surface area contributed by atoms with E-state index in [1.165, 1.54) is 10.9 Å². The van der Waals surface area contributed by atoms with Gasteiger partial charge < -0.3 is 15.2 Å². The number of hydrogen-bond donors (Lipinski definition) is 2. The minimum absolute atomic E-state index is 0.143. The molecule has 1 unspecified atom stereocenters. The van der Waals surface area contributed by atoms with Gasteiger partial charge in [0.25, 0.3) is 0 Å². The van der Waals surface area contributed by atoms with E-state index in [4.69, 9.17) is 9.84 Å². The monoisotopic (exact) mass is 269 g/mol. The first-order chi connectivity index (χ1) is 9.04. The zero-order valence-corrected chi connectivity index (χ0v) is 11.1. The fraction of sp³-hybridized carbons (Fsp3) is 0.583. The number of aliphatic carboxylic acids is 1. The van der Waals surface area contributed by atoms with Crippen molar-refractivity contribution in [1.29, 1.82) is 0 Å². The Bertz CT molecular complexity index is 430. The Morgan fingerprint density at radius 1 is 1.53 bits per heavy atom. The van der Waals surface area contributed by atoms with Crippen LogP contribution in [0.3, 0.4) is 0 Å². The number of nitrogens with zero attached hydrogens (tertiary/aromatic N) is 2. The molecule has 0 saturated heterocycles. The van der Waals surface area contributed by atoms with Gasteiger partial charge in [0.1, 0.15) is 0 Å². The molecular weight excluding hydrogens is 250 g/mol. The molecule has 0 spiro atoms. The molecular formula is C12H19N3O4. The number of ether oxygens (including phenoxy) is 1. The van der Waals surface area contributed by atoms with E-state index in [1.807, 2.05) is 6.92 Å². The summed E-state index contributed by atoms with van der Waals surface area (Å²) in [6, 6.07) is -1.08. The quantitative estimate of drug-likeness (QED) is 0.669. The van der Waals surface area contributed by atoms with Gasteiger partial charge in [0, 0.05) is 31.8 Å². The number of aryl methyl sites for hydroxylation is 1. The van der Waals surface area contributed by atoms with Crippen LogP contribution in [-0.2, 0) is 21.4 Å². The van der Waals surface area contributed by atoms with E-state index in [0.717, 1.165) is 6.42 Å². The maximum absolute atomic E-state index is 11.6. The summed E-state index contributed by atoms with van der Waals surface area (Å²) in [6.45, 7) is 2.86. The van der Waals surface area contributed by atoms with Gasteiger partial charge in [-0.25, -0.2) is 4.79 Å². The Kier molecular flexibility index (Phi) is 6.01. The zero-order chi connectivity index (χ0) is 14.3. The number of carboxylic acids is 1. The van der Waals surface area contributed by atoms with Gasteiger partial charge in [0.15, 0.2) is 6.04 Å². The molecule has 7 nitrogen and oxygen atoms in total. The summed E-state index contributed by atoms with van der Waals surface area (Å²) in [5, 5.41) is 15.5. The molecule has 0 radical (unpaired) electrons. The van der Waals surface area contributed by atoms with Gasteiger partial charge in [0.05, 0.1) is 12.8 Å². The van der Waals surface area contributed by atoms with Crippen LogP contribution in [0.25, 0.3) is 0 Å². The molecule has 1 amide bonds. The molecule has 0 bridgehead atoms. The van der Waals surface area contributed by atoms with Gasteiger partial charge in [-0.3, -0.25) is 9.48 Å². The minimum atomic E-state index is -1.11. The summed E-state index contributed by atoms with van der Waals surface area (Å²) >= 11 is 0. The number of rotatable bonds is 8. The highest BCUT2D eigenvalue weighted by Crippen LogP contribution is 2.12. The second kappa shape index (κ2) is 7.52. The van der Waals surface area contributed by atoms with Gasteiger partial charge >= 0.3 is 5.97 Å². The van der Waals surface area contributed by atoms with Gasteiger partial charge in [-0.05, 0) is 6.42 Å². The first-order valence-electron chi connectivity index (χ1n) is 6.13. The van der Waals surface area contributed by atoms with Crippen LogP contribution in [0.1, 0.15) is 31.4 Å². The van der Waals surface area contributed by atoms with E-state index in [0.29, 0.717) is 18.8 Å². The Hall–Kier alpha value is -1.89. The second-order valence-electron chi connectivity index (χ2n) is 4.15. The highest BCUT2D eigenvalue weighted by Gasteiger charge is 2.23. The maximum atomic E-state index is 11.6. The van der Waals surface area contributed by atoms with E-state index >= 15 is 0 Å². The number of amides is 1. The Morgan fingerprint density at radius 2 is 2.26 bits per heavy atom. The molecule has 0 aliphatic rings. The Morgan fingerprint density at radius 3 is 2.79 bits per heavy atom. The molecule has 0 fully saturated rings. The molecule has 1 atom stereocenters. The molecule has 0 aliphatic carbocycles. The van der Waals surface area contributed by atoms with Crippen molar-refractivity contribution in [1.82, 2.24) is 15.1 Å². The predicted octanol–water partition coefficient (Wildman–Crippen LogP) is 0.479. The summed E-state index contributed by atoms with van der Waals surface area (Å²) in [5.74, 6) is -1.47. The van der Waals surface area contributed by atoms with E-state index in [-0.39, 0.29) is 12.3 Å². The smallest absolute Gasteiger partial charge is 0.331 e. The largest absolute Gasteiger partial charge is 0.479 e. The summed E-state index contributed by atoms with van der Waals surface area (Å²) < 4.78 is 6.67. The first-order valence-corrected chi connectivity index (χ1v) is 6.13. The van der Waals surface area contributed by atoms with Crippen molar-refractivity contribution in [3.8, 4) is 0 Å². The van der Waals surface area contributed by atoms with Crippen LogP contribution < -0.4 is 5.32 Å². The molecule has 7 heteroatoms. The molecule has 19 heavy (non-hydrogen) atoms. The van der Waals surface area contributed by atoms with Gasteiger partial charge in [0.2, 0.25) is 5.91 Å². The molecule has 2 N–H and O–H groups in total. The molecule has 1 heterocycles. The van der Waals surface area contributed by atoms with Gasteiger partial charge in [-0.15, -0.1) is 0 Å². The molecule has 0 aromatic carbocycles. The summed E-state index contributed by atoms with van der Waals surface area (Å²) in [5.41, 5.74) is 0.442. The van der Waals surface area contributed by atoms with Crippen LogP contribution in [0, 0.1) is 0 Å². The lowest BCUT2D eigenvalue weighted by molar-refractivity contribution is -0.142. The maximum Gasteiger partial charge on any atom is 0.331 e. The van der Waals surface area contributed by atoms with Crippen LogP contribution >= 0.6 is 0 Å². The first kappa shape index (κ1) is 15.2.